The largest absolute Gasteiger partial charge is 0.383 e. The van der Waals surface area contributed by atoms with E-state index in [1.165, 1.54) is 5.56 Å². The third-order valence-electron chi connectivity index (χ3n) is 4.62. The molecule has 0 atom stereocenters. The minimum absolute atomic E-state index is 0.0728. The molecular weight excluding hydrogens is 328 g/mol. The molecule has 1 aromatic carbocycles. The van der Waals surface area contributed by atoms with Gasteiger partial charge < -0.3 is 20.3 Å². The molecule has 0 saturated carbocycles. The fourth-order valence-corrected chi connectivity index (χ4v) is 3.22. The summed E-state index contributed by atoms with van der Waals surface area (Å²) in [6, 6.07) is 10.7. The van der Waals surface area contributed by atoms with Gasteiger partial charge in [-0.2, -0.15) is 0 Å². The van der Waals surface area contributed by atoms with Crippen LogP contribution in [0.5, 0.6) is 0 Å². The summed E-state index contributed by atoms with van der Waals surface area (Å²) < 4.78 is 4.93. The van der Waals surface area contributed by atoms with Crippen molar-refractivity contribution in [1.82, 2.24) is 15.5 Å². The average Bonchev–Trinajstić information content (AvgIpc) is 2.67. The number of guanidine groups is 1. The Morgan fingerprint density at radius 2 is 1.96 bits per heavy atom. The maximum Gasteiger partial charge on any atom is 0.241 e. The van der Waals surface area contributed by atoms with Crippen LogP contribution in [0.3, 0.4) is 0 Å². The number of aliphatic imine (C=N–C) groups is 1. The zero-order valence-corrected chi connectivity index (χ0v) is 16.0. The molecule has 2 N–H and O–H groups in total. The summed E-state index contributed by atoms with van der Waals surface area (Å²) >= 11 is 0. The van der Waals surface area contributed by atoms with E-state index in [1.807, 2.05) is 0 Å². The van der Waals surface area contributed by atoms with Crippen molar-refractivity contribution >= 4 is 11.9 Å². The van der Waals surface area contributed by atoms with Crippen molar-refractivity contribution in [1.29, 1.82) is 0 Å². The van der Waals surface area contributed by atoms with Gasteiger partial charge in [0.05, 0.1) is 6.61 Å². The molecule has 1 saturated heterocycles. The van der Waals surface area contributed by atoms with Gasteiger partial charge in [0.15, 0.2) is 5.96 Å². The molecule has 0 spiro atoms. The number of carbonyl (C=O) groups is 1. The molecule has 1 heterocycles. The summed E-state index contributed by atoms with van der Waals surface area (Å²) in [5, 5.41) is 6.11. The summed E-state index contributed by atoms with van der Waals surface area (Å²) in [6.45, 7) is 6.00. The van der Waals surface area contributed by atoms with Gasteiger partial charge in [0, 0.05) is 33.3 Å². The van der Waals surface area contributed by atoms with Gasteiger partial charge in [-0.25, -0.2) is 4.99 Å². The van der Waals surface area contributed by atoms with Gasteiger partial charge >= 0.3 is 0 Å². The molecule has 2 rings (SSSR count). The fourth-order valence-electron chi connectivity index (χ4n) is 3.22. The lowest BCUT2D eigenvalue weighted by molar-refractivity contribution is -0.119. The molecule has 144 valence electrons. The highest BCUT2D eigenvalue weighted by Gasteiger charge is 2.21. The first kappa shape index (κ1) is 20.2. The van der Waals surface area contributed by atoms with E-state index in [1.54, 1.807) is 7.11 Å². The minimum Gasteiger partial charge on any atom is -0.383 e. The number of nitrogens with one attached hydrogen (secondary N) is 2. The van der Waals surface area contributed by atoms with Crippen LogP contribution in [0.2, 0.25) is 0 Å². The maximum absolute atomic E-state index is 11.8. The second-order valence-electron chi connectivity index (χ2n) is 6.63. The summed E-state index contributed by atoms with van der Waals surface area (Å²) in [5.41, 5.74) is 1.42. The Morgan fingerprint density at radius 3 is 2.62 bits per heavy atom. The van der Waals surface area contributed by atoms with Gasteiger partial charge in [-0.15, -0.1) is 0 Å². The van der Waals surface area contributed by atoms with Gasteiger partial charge in [-0.1, -0.05) is 30.3 Å². The molecule has 6 nitrogen and oxygen atoms in total. The van der Waals surface area contributed by atoms with Crippen molar-refractivity contribution in [3.05, 3.63) is 35.9 Å². The molecule has 1 aromatic rings. The summed E-state index contributed by atoms with van der Waals surface area (Å²) in [5.74, 6) is 1.48. The Balaban J connectivity index is 1.81. The van der Waals surface area contributed by atoms with Crippen LogP contribution in [-0.4, -0.2) is 63.2 Å². The van der Waals surface area contributed by atoms with Crippen molar-refractivity contribution in [2.45, 2.75) is 26.2 Å². The van der Waals surface area contributed by atoms with Crippen LogP contribution >= 0.6 is 0 Å². The van der Waals surface area contributed by atoms with E-state index < -0.39 is 0 Å². The van der Waals surface area contributed by atoms with Gasteiger partial charge in [0.25, 0.3) is 0 Å². The SMILES string of the molecule is CCNC(=NCC(=O)NCCOC)N1CCC(Cc2ccccc2)CC1. The molecule has 26 heavy (non-hydrogen) atoms. The van der Waals surface area contributed by atoms with E-state index in [-0.39, 0.29) is 12.5 Å². The van der Waals surface area contributed by atoms with Gasteiger partial charge in [0.2, 0.25) is 5.91 Å². The highest BCUT2D eigenvalue weighted by atomic mass is 16.5. The van der Waals surface area contributed by atoms with E-state index in [4.69, 9.17) is 4.74 Å². The summed E-state index contributed by atoms with van der Waals surface area (Å²) in [7, 11) is 1.62. The third kappa shape index (κ3) is 7.04. The van der Waals surface area contributed by atoms with Crippen LogP contribution in [0, 0.1) is 5.92 Å². The Hall–Kier alpha value is -2.08. The van der Waals surface area contributed by atoms with Crippen LogP contribution < -0.4 is 10.6 Å². The second kappa shape index (κ2) is 11.5. The monoisotopic (exact) mass is 360 g/mol. The van der Waals surface area contributed by atoms with Crippen LogP contribution in [-0.2, 0) is 16.0 Å². The van der Waals surface area contributed by atoms with Gasteiger partial charge in [-0.3, -0.25) is 4.79 Å². The van der Waals surface area contributed by atoms with Crippen molar-refractivity contribution in [2.75, 3.05) is 46.4 Å². The van der Waals surface area contributed by atoms with E-state index in [0.717, 1.165) is 44.9 Å². The first-order valence-electron chi connectivity index (χ1n) is 9.55. The highest BCUT2D eigenvalue weighted by molar-refractivity contribution is 5.85. The van der Waals surface area contributed by atoms with Crippen LogP contribution in [0.4, 0.5) is 0 Å². The summed E-state index contributed by atoms with van der Waals surface area (Å²) in [6.07, 6.45) is 3.45. The maximum atomic E-state index is 11.8. The Morgan fingerprint density at radius 1 is 1.23 bits per heavy atom. The number of likely N-dealkylation sites (tertiary alicyclic amines) is 1. The zero-order chi connectivity index (χ0) is 18.6. The van der Waals surface area contributed by atoms with E-state index in [2.05, 4.69) is 57.8 Å². The van der Waals surface area contributed by atoms with Crippen molar-refractivity contribution in [3.8, 4) is 0 Å². The van der Waals surface area contributed by atoms with Crippen LogP contribution in [0.15, 0.2) is 35.3 Å². The normalized spacial score (nSPS) is 15.8. The molecule has 0 unspecified atom stereocenters. The lowest BCUT2D eigenvalue weighted by atomic mass is 9.90. The topological polar surface area (TPSA) is 66.0 Å². The molecule has 1 aliphatic rings. The van der Waals surface area contributed by atoms with Crippen molar-refractivity contribution < 1.29 is 9.53 Å². The standard InChI is InChI=1S/C20H32N4O2/c1-3-21-20(23-16-19(25)22-11-14-26-2)24-12-9-18(10-13-24)15-17-7-5-4-6-8-17/h4-8,18H,3,9-16H2,1-2H3,(H,21,23)(H,22,25). The number of rotatable bonds is 8. The van der Waals surface area contributed by atoms with E-state index >= 15 is 0 Å². The molecule has 6 heteroatoms. The number of methoxy groups -OCH3 is 1. The first-order chi connectivity index (χ1) is 12.7. The fraction of sp³-hybridized carbons (Fsp3) is 0.600. The predicted molar refractivity (Wildman–Crippen MR) is 105 cm³/mol. The van der Waals surface area contributed by atoms with Crippen LogP contribution in [0.25, 0.3) is 0 Å². The first-order valence-corrected chi connectivity index (χ1v) is 9.55. The number of carbonyl (C=O) groups excluding carboxylic acids is 1. The number of ether oxygens (including phenoxy) is 1. The molecule has 0 aliphatic carbocycles. The second-order valence-corrected chi connectivity index (χ2v) is 6.63. The molecule has 1 amide bonds. The van der Waals surface area contributed by atoms with Crippen molar-refractivity contribution in [3.63, 3.8) is 0 Å². The predicted octanol–water partition coefficient (Wildman–Crippen LogP) is 1.67. The lowest BCUT2D eigenvalue weighted by Gasteiger charge is -2.34. The molecular formula is C20H32N4O2. The minimum atomic E-state index is -0.0728. The zero-order valence-electron chi connectivity index (χ0n) is 16.0. The number of amides is 1. The molecule has 0 aromatic heterocycles. The molecule has 0 radical (unpaired) electrons. The van der Waals surface area contributed by atoms with Crippen LogP contribution in [0.1, 0.15) is 25.3 Å². The third-order valence-corrected chi connectivity index (χ3v) is 4.62. The summed E-state index contributed by atoms with van der Waals surface area (Å²) in [4.78, 5) is 18.6. The number of piperidine rings is 1. The van der Waals surface area contributed by atoms with Gasteiger partial charge in [0.1, 0.15) is 6.54 Å². The Bertz CT molecular complexity index is 554. The van der Waals surface area contributed by atoms with E-state index in [0.29, 0.717) is 19.1 Å². The highest BCUT2D eigenvalue weighted by Crippen LogP contribution is 2.21. The molecule has 1 fully saturated rings. The lowest BCUT2D eigenvalue weighted by Crippen LogP contribution is -2.46. The quantitative estimate of drug-likeness (QED) is 0.420. The molecule has 0 bridgehead atoms. The Labute approximate surface area is 157 Å². The average molecular weight is 361 g/mol. The number of hydrogen-bond acceptors (Lipinski definition) is 3. The number of hydrogen-bond donors (Lipinski definition) is 2. The number of nitrogens with zero attached hydrogens (tertiary/aromatic N) is 2. The van der Waals surface area contributed by atoms with Crippen molar-refractivity contribution in [2.24, 2.45) is 10.9 Å². The number of benzene rings is 1. The molecule has 1 aliphatic heterocycles. The van der Waals surface area contributed by atoms with Gasteiger partial charge in [-0.05, 0) is 37.7 Å². The smallest absolute Gasteiger partial charge is 0.241 e. The Kier molecular flexibility index (Phi) is 8.96. The van der Waals surface area contributed by atoms with E-state index in [9.17, 15) is 4.79 Å².